The van der Waals surface area contributed by atoms with E-state index in [4.69, 9.17) is 11.6 Å². The van der Waals surface area contributed by atoms with Gasteiger partial charge in [-0.05, 0) is 24.6 Å². The van der Waals surface area contributed by atoms with Crippen molar-refractivity contribution in [1.29, 1.82) is 0 Å². The minimum atomic E-state index is -1.12. The second kappa shape index (κ2) is 7.68. The molecule has 132 valence electrons. The standard InChI is InChI=1S/C19H15ClN2O3S/c1-11-16(26-18(21-11)13-7-9-14(20)10-8-13)17(23)22-15(19(24)25)12-5-3-2-4-6-12/h2-10,15H,1H3,(H,22,23)(H,24,25). The molecule has 1 unspecified atom stereocenters. The van der Waals surface area contributed by atoms with Gasteiger partial charge >= 0.3 is 5.97 Å². The van der Waals surface area contributed by atoms with E-state index in [1.807, 2.05) is 12.1 Å². The van der Waals surface area contributed by atoms with Crippen molar-refractivity contribution in [3.8, 4) is 10.6 Å². The first-order valence-corrected chi connectivity index (χ1v) is 8.97. The molecule has 5 nitrogen and oxygen atoms in total. The summed E-state index contributed by atoms with van der Waals surface area (Å²) >= 11 is 7.11. The maximum Gasteiger partial charge on any atom is 0.330 e. The number of hydrogen-bond acceptors (Lipinski definition) is 4. The Labute approximate surface area is 159 Å². The molecule has 0 bridgehead atoms. The molecule has 26 heavy (non-hydrogen) atoms. The minimum absolute atomic E-state index is 0.386. The third kappa shape index (κ3) is 3.92. The Bertz CT molecular complexity index is 939. The molecule has 3 rings (SSSR count). The summed E-state index contributed by atoms with van der Waals surface area (Å²) in [5, 5.41) is 13.3. The van der Waals surface area contributed by atoms with Crippen LogP contribution in [0.1, 0.15) is 27.0 Å². The molecule has 1 heterocycles. The molecule has 2 N–H and O–H groups in total. The molecule has 7 heteroatoms. The van der Waals surface area contributed by atoms with Crippen molar-refractivity contribution in [2.75, 3.05) is 0 Å². The molecule has 1 aromatic heterocycles. The smallest absolute Gasteiger partial charge is 0.330 e. The van der Waals surface area contributed by atoms with Crippen molar-refractivity contribution in [3.63, 3.8) is 0 Å². The van der Waals surface area contributed by atoms with Gasteiger partial charge in [-0.1, -0.05) is 54.1 Å². The first kappa shape index (κ1) is 18.1. The van der Waals surface area contributed by atoms with Gasteiger partial charge in [-0.15, -0.1) is 11.3 Å². The highest BCUT2D eigenvalue weighted by atomic mass is 35.5. The maximum atomic E-state index is 12.6. The van der Waals surface area contributed by atoms with Crippen LogP contribution in [-0.4, -0.2) is 22.0 Å². The molecule has 0 spiro atoms. The Hall–Kier alpha value is -2.70. The predicted octanol–water partition coefficient (Wildman–Crippen LogP) is 4.33. The predicted molar refractivity (Wildman–Crippen MR) is 102 cm³/mol. The third-order valence-electron chi connectivity index (χ3n) is 3.75. The summed E-state index contributed by atoms with van der Waals surface area (Å²) in [7, 11) is 0. The number of halogens is 1. The number of amides is 1. The summed E-state index contributed by atoms with van der Waals surface area (Å²) in [6.07, 6.45) is 0. The summed E-state index contributed by atoms with van der Waals surface area (Å²) in [6.45, 7) is 1.73. The monoisotopic (exact) mass is 386 g/mol. The zero-order valence-corrected chi connectivity index (χ0v) is 15.3. The maximum absolute atomic E-state index is 12.6. The van der Waals surface area contributed by atoms with Gasteiger partial charge in [-0.2, -0.15) is 0 Å². The summed E-state index contributed by atoms with van der Waals surface area (Å²) in [4.78, 5) is 29.0. The van der Waals surface area contributed by atoms with E-state index in [1.165, 1.54) is 11.3 Å². The molecular formula is C19H15ClN2O3S. The highest BCUT2D eigenvalue weighted by Gasteiger charge is 2.25. The van der Waals surface area contributed by atoms with E-state index in [1.54, 1.807) is 49.4 Å². The number of hydrogen-bond donors (Lipinski definition) is 2. The average molecular weight is 387 g/mol. The van der Waals surface area contributed by atoms with Gasteiger partial charge in [0.2, 0.25) is 0 Å². The van der Waals surface area contributed by atoms with E-state index < -0.39 is 17.9 Å². The molecule has 0 radical (unpaired) electrons. The SMILES string of the molecule is Cc1nc(-c2ccc(Cl)cc2)sc1C(=O)NC(C(=O)O)c1ccccc1. The van der Waals surface area contributed by atoms with Crippen molar-refractivity contribution in [2.45, 2.75) is 13.0 Å². The second-order valence-electron chi connectivity index (χ2n) is 5.60. The fraction of sp³-hybridized carbons (Fsp3) is 0.105. The van der Waals surface area contributed by atoms with E-state index in [0.29, 0.717) is 26.2 Å². The third-order valence-corrected chi connectivity index (χ3v) is 5.21. The van der Waals surface area contributed by atoms with Crippen LogP contribution in [0.4, 0.5) is 0 Å². The zero-order valence-electron chi connectivity index (χ0n) is 13.8. The van der Waals surface area contributed by atoms with Crippen molar-refractivity contribution in [2.24, 2.45) is 0 Å². The second-order valence-corrected chi connectivity index (χ2v) is 7.03. The molecule has 1 amide bonds. The van der Waals surface area contributed by atoms with Crippen LogP contribution in [0.3, 0.4) is 0 Å². The Balaban J connectivity index is 1.85. The lowest BCUT2D eigenvalue weighted by atomic mass is 10.1. The van der Waals surface area contributed by atoms with Gasteiger partial charge in [0.1, 0.15) is 9.88 Å². The van der Waals surface area contributed by atoms with E-state index in [2.05, 4.69) is 10.3 Å². The van der Waals surface area contributed by atoms with E-state index >= 15 is 0 Å². The summed E-state index contributed by atoms with van der Waals surface area (Å²) in [5.74, 6) is -1.58. The summed E-state index contributed by atoms with van der Waals surface area (Å²) < 4.78 is 0. The first-order chi connectivity index (χ1) is 12.5. The molecule has 0 aliphatic carbocycles. The number of carbonyl (C=O) groups excluding carboxylic acids is 1. The van der Waals surface area contributed by atoms with Crippen molar-refractivity contribution in [3.05, 3.63) is 75.8 Å². The molecule has 0 saturated heterocycles. The van der Waals surface area contributed by atoms with E-state index in [9.17, 15) is 14.7 Å². The van der Waals surface area contributed by atoms with E-state index in [-0.39, 0.29) is 0 Å². The van der Waals surface area contributed by atoms with Gasteiger partial charge in [-0.25, -0.2) is 9.78 Å². The molecular weight excluding hydrogens is 372 g/mol. The lowest BCUT2D eigenvalue weighted by Crippen LogP contribution is -2.33. The summed E-state index contributed by atoms with van der Waals surface area (Å²) in [6, 6.07) is 14.6. The van der Waals surface area contributed by atoms with Crippen LogP contribution in [0.15, 0.2) is 54.6 Å². The number of aliphatic carboxylic acids is 1. The summed E-state index contributed by atoms with van der Waals surface area (Å²) in [5.41, 5.74) is 1.91. The van der Waals surface area contributed by atoms with Crippen molar-refractivity contribution in [1.82, 2.24) is 10.3 Å². The van der Waals surface area contributed by atoms with Crippen LogP contribution in [0.25, 0.3) is 10.6 Å². The zero-order chi connectivity index (χ0) is 18.7. The Morgan fingerprint density at radius 1 is 1.12 bits per heavy atom. The van der Waals surface area contributed by atoms with Crippen molar-refractivity contribution >= 4 is 34.8 Å². The molecule has 0 aliphatic heterocycles. The van der Waals surface area contributed by atoms with Crippen LogP contribution >= 0.6 is 22.9 Å². The van der Waals surface area contributed by atoms with Crippen LogP contribution in [0.5, 0.6) is 0 Å². The number of nitrogens with zero attached hydrogens (tertiary/aromatic N) is 1. The lowest BCUT2D eigenvalue weighted by Gasteiger charge is -2.14. The van der Waals surface area contributed by atoms with E-state index in [0.717, 1.165) is 5.56 Å². The number of nitrogens with one attached hydrogen (secondary N) is 1. The fourth-order valence-corrected chi connectivity index (χ4v) is 3.55. The van der Waals surface area contributed by atoms with Crippen LogP contribution < -0.4 is 5.32 Å². The quantitative estimate of drug-likeness (QED) is 0.684. The van der Waals surface area contributed by atoms with Gasteiger partial charge < -0.3 is 10.4 Å². The number of carbonyl (C=O) groups is 2. The van der Waals surface area contributed by atoms with Gasteiger partial charge in [-0.3, -0.25) is 4.79 Å². The Morgan fingerprint density at radius 3 is 2.38 bits per heavy atom. The molecule has 3 aromatic rings. The Morgan fingerprint density at radius 2 is 1.77 bits per heavy atom. The number of aromatic nitrogens is 1. The largest absolute Gasteiger partial charge is 0.479 e. The fourth-order valence-electron chi connectivity index (χ4n) is 2.45. The van der Waals surface area contributed by atoms with Gasteiger partial charge in [0, 0.05) is 10.6 Å². The van der Waals surface area contributed by atoms with Crippen LogP contribution in [0.2, 0.25) is 5.02 Å². The number of aryl methyl sites for hydroxylation is 1. The molecule has 1 atom stereocenters. The number of rotatable bonds is 5. The average Bonchev–Trinajstić information content (AvgIpc) is 3.02. The molecule has 2 aromatic carbocycles. The highest BCUT2D eigenvalue weighted by Crippen LogP contribution is 2.29. The minimum Gasteiger partial charge on any atom is -0.479 e. The van der Waals surface area contributed by atoms with Crippen LogP contribution in [0, 0.1) is 6.92 Å². The van der Waals surface area contributed by atoms with Gasteiger partial charge in [0.05, 0.1) is 5.69 Å². The highest BCUT2D eigenvalue weighted by molar-refractivity contribution is 7.17. The topological polar surface area (TPSA) is 79.3 Å². The normalized spacial score (nSPS) is 11.8. The lowest BCUT2D eigenvalue weighted by molar-refractivity contribution is -0.139. The number of benzene rings is 2. The molecule has 0 saturated carbocycles. The van der Waals surface area contributed by atoms with Gasteiger partial charge in [0.25, 0.3) is 5.91 Å². The van der Waals surface area contributed by atoms with Crippen molar-refractivity contribution < 1.29 is 14.7 Å². The number of carboxylic acid groups (broad SMARTS) is 1. The first-order valence-electron chi connectivity index (χ1n) is 7.77. The number of carboxylic acids is 1. The molecule has 0 fully saturated rings. The number of thiazole rings is 1. The van der Waals surface area contributed by atoms with Gasteiger partial charge in [0.15, 0.2) is 6.04 Å². The van der Waals surface area contributed by atoms with Crippen LogP contribution in [-0.2, 0) is 4.79 Å². The Kier molecular flexibility index (Phi) is 5.35. The molecule has 0 aliphatic rings.